The molecule has 1 amide bonds. The van der Waals surface area contributed by atoms with Crippen molar-refractivity contribution in [3.05, 3.63) is 54.1 Å². The number of anilines is 1. The van der Waals surface area contributed by atoms with Gasteiger partial charge < -0.3 is 19.7 Å². The van der Waals surface area contributed by atoms with Crippen LogP contribution in [0.3, 0.4) is 0 Å². The molecule has 0 aromatic heterocycles. The summed E-state index contributed by atoms with van der Waals surface area (Å²) >= 11 is 0. The summed E-state index contributed by atoms with van der Waals surface area (Å²) in [5.41, 5.74) is 1.51. The van der Waals surface area contributed by atoms with Gasteiger partial charge in [-0.3, -0.25) is 4.79 Å². The number of benzene rings is 2. The van der Waals surface area contributed by atoms with Crippen molar-refractivity contribution in [3.63, 3.8) is 0 Å². The van der Waals surface area contributed by atoms with Gasteiger partial charge in [0, 0.05) is 7.05 Å². The van der Waals surface area contributed by atoms with Crippen LogP contribution < -0.4 is 19.7 Å². The highest BCUT2D eigenvalue weighted by Crippen LogP contribution is 2.32. The predicted octanol–water partition coefficient (Wildman–Crippen LogP) is 1.95. The Morgan fingerprint density at radius 3 is 3.00 bits per heavy atom. The Labute approximate surface area is 146 Å². The number of rotatable bonds is 5. The number of nitrogens with zero attached hydrogens (tertiary/aromatic N) is 2. The van der Waals surface area contributed by atoms with E-state index in [0.29, 0.717) is 36.8 Å². The van der Waals surface area contributed by atoms with Crippen molar-refractivity contribution in [3.8, 4) is 17.6 Å². The van der Waals surface area contributed by atoms with Crippen molar-refractivity contribution in [2.45, 2.75) is 6.10 Å². The summed E-state index contributed by atoms with van der Waals surface area (Å²) in [6, 6.07) is 16.8. The van der Waals surface area contributed by atoms with E-state index in [-0.39, 0.29) is 5.91 Å². The van der Waals surface area contributed by atoms with Gasteiger partial charge in [-0.1, -0.05) is 18.2 Å². The Hall–Kier alpha value is -3.20. The molecule has 0 saturated carbocycles. The number of nitrogens with one attached hydrogen (secondary N) is 1. The molecule has 6 nitrogen and oxygen atoms in total. The first-order valence-corrected chi connectivity index (χ1v) is 8.06. The highest BCUT2D eigenvalue weighted by molar-refractivity contribution is 5.83. The quantitative estimate of drug-likeness (QED) is 0.903. The van der Waals surface area contributed by atoms with Crippen molar-refractivity contribution in [1.29, 1.82) is 5.26 Å². The number of hydrogen-bond acceptors (Lipinski definition) is 5. The van der Waals surface area contributed by atoms with Crippen LogP contribution in [0.4, 0.5) is 5.69 Å². The fourth-order valence-corrected chi connectivity index (χ4v) is 2.75. The Kier molecular flexibility index (Phi) is 5.05. The number of amides is 1. The van der Waals surface area contributed by atoms with Crippen molar-refractivity contribution in [2.24, 2.45) is 0 Å². The number of ether oxygens (including phenoxy) is 2. The average Bonchev–Trinajstić information content (AvgIpc) is 2.67. The molecule has 1 heterocycles. The largest absolute Gasteiger partial charge is 0.492 e. The molecule has 0 saturated heterocycles. The van der Waals surface area contributed by atoms with E-state index in [1.807, 2.05) is 30.3 Å². The Bertz CT molecular complexity index is 800. The van der Waals surface area contributed by atoms with Crippen LogP contribution in [0.15, 0.2) is 48.5 Å². The lowest BCUT2D eigenvalue weighted by Crippen LogP contribution is -2.49. The third-order valence-corrected chi connectivity index (χ3v) is 3.99. The maximum Gasteiger partial charge on any atom is 0.262 e. The molecule has 0 unspecified atom stereocenters. The Balaban J connectivity index is 1.68. The summed E-state index contributed by atoms with van der Waals surface area (Å²) in [6.07, 6.45) is -0.554. The maximum atomic E-state index is 12.0. The molecule has 128 valence electrons. The molecule has 1 aliphatic rings. The summed E-state index contributed by atoms with van der Waals surface area (Å²) in [5, 5.41) is 11.6. The van der Waals surface area contributed by atoms with Gasteiger partial charge in [0.15, 0.2) is 6.10 Å². The topological polar surface area (TPSA) is 74.6 Å². The van der Waals surface area contributed by atoms with Gasteiger partial charge in [-0.2, -0.15) is 5.26 Å². The molecular formula is C19H19N3O3. The van der Waals surface area contributed by atoms with Crippen LogP contribution in [0, 0.1) is 11.3 Å². The molecule has 3 rings (SSSR count). The molecule has 0 spiro atoms. The molecule has 2 aromatic rings. The average molecular weight is 337 g/mol. The van der Waals surface area contributed by atoms with Gasteiger partial charge in [0.1, 0.15) is 18.1 Å². The molecule has 1 atom stereocenters. The first-order valence-electron chi connectivity index (χ1n) is 8.06. The maximum absolute atomic E-state index is 12.0. The summed E-state index contributed by atoms with van der Waals surface area (Å²) in [7, 11) is 1.60. The van der Waals surface area contributed by atoms with Gasteiger partial charge >= 0.3 is 0 Å². The predicted molar refractivity (Wildman–Crippen MR) is 93.8 cm³/mol. The summed E-state index contributed by atoms with van der Waals surface area (Å²) in [4.78, 5) is 14.0. The van der Waals surface area contributed by atoms with Crippen LogP contribution in [0.5, 0.6) is 11.5 Å². The number of nitriles is 1. The van der Waals surface area contributed by atoms with Crippen molar-refractivity contribution < 1.29 is 14.3 Å². The summed E-state index contributed by atoms with van der Waals surface area (Å²) in [5.74, 6) is 1.19. The molecule has 0 bridgehead atoms. The second kappa shape index (κ2) is 7.58. The van der Waals surface area contributed by atoms with Crippen LogP contribution >= 0.6 is 0 Å². The molecule has 2 aromatic carbocycles. The second-order valence-electron chi connectivity index (χ2n) is 5.62. The van der Waals surface area contributed by atoms with Crippen LogP contribution in [0.25, 0.3) is 0 Å². The highest BCUT2D eigenvalue weighted by atomic mass is 16.5. The minimum absolute atomic E-state index is 0.151. The number of para-hydroxylation sites is 2. The van der Waals surface area contributed by atoms with Crippen LogP contribution in [0.2, 0.25) is 0 Å². The molecule has 1 N–H and O–H groups in total. The molecule has 0 fully saturated rings. The zero-order valence-electron chi connectivity index (χ0n) is 13.9. The number of fused-ring (bicyclic) bond motifs is 1. The number of hydrogen-bond donors (Lipinski definition) is 1. The van der Waals surface area contributed by atoms with Crippen LogP contribution in [-0.2, 0) is 4.79 Å². The van der Waals surface area contributed by atoms with Gasteiger partial charge in [-0.05, 0) is 30.3 Å². The number of carbonyl (C=O) groups excluding carboxylic acids is 1. The number of likely N-dealkylation sites (N-methyl/N-ethyl adjacent to an activating group) is 1. The molecular weight excluding hydrogens is 318 g/mol. The van der Waals surface area contributed by atoms with E-state index in [4.69, 9.17) is 14.7 Å². The smallest absolute Gasteiger partial charge is 0.262 e. The third kappa shape index (κ3) is 3.83. The molecule has 25 heavy (non-hydrogen) atoms. The normalized spacial score (nSPS) is 15.5. The molecule has 1 aliphatic heterocycles. The Morgan fingerprint density at radius 1 is 1.36 bits per heavy atom. The minimum atomic E-state index is -0.554. The standard InChI is InChI=1S/C19H19N3O3/c1-21-19(23)18-13-22(16-7-2-3-8-17(16)25-18)9-10-24-15-6-4-5-14(11-15)12-20/h2-8,11,18H,9-10,13H2,1H3,(H,21,23)/t18-/m1/s1. The first-order chi connectivity index (χ1) is 12.2. The Morgan fingerprint density at radius 2 is 2.20 bits per heavy atom. The molecule has 0 aliphatic carbocycles. The van der Waals surface area contributed by atoms with Gasteiger partial charge in [0.2, 0.25) is 0 Å². The minimum Gasteiger partial charge on any atom is -0.492 e. The molecule has 6 heteroatoms. The van der Waals surface area contributed by atoms with E-state index in [9.17, 15) is 4.79 Å². The summed E-state index contributed by atoms with van der Waals surface area (Å²) in [6.45, 7) is 1.49. The van der Waals surface area contributed by atoms with E-state index in [0.717, 1.165) is 5.69 Å². The monoisotopic (exact) mass is 337 g/mol. The highest BCUT2D eigenvalue weighted by Gasteiger charge is 2.29. The number of carbonyl (C=O) groups is 1. The lowest BCUT2D eigenvalue weighted by molar-refractivity contribution is -0.127. The van der Waals surface area contributed by atoms with E-state index in [1.165, 1.54) is 0 Å². The lowest BCUT2D eigenvalue weighted by atomic mass is 10.2. The third-order valence-electron chi connectivity index (χ3n) is 3.99. The van der Waals surface area contributed by atoms with Crippen molar-refractivity contribution in [1.82, 2.24) is 5.32 Å². The molecule has 0 radical (unpaired) electrons. The van der Waals surface area contributed by atoms with Gasteiger partial charge in [-0.15, -0.1) is 0 Å². The first kappa shape index (κ1) is 16.7. The van der Waals surface area contributed by atoms with E-state index in [1.54, 1.807) is 25.2 Å². The van der Waals surface area contributed by atoms with Crippen LogP contribution in [0.1, 0.15) is 5.56 Å². The van der Waals surface area contributed by atoms with Crippen molar-refractivity contribution >= 4 is 11.6 Å². The van der Waals surface area contributed by atoms with E-state index < -0.39 is 6.10 Å². The fraction of sp³-hybridized carbons (Fsp3) is 0.263. The zero-order chi connectivity index (χ0) is 17.6. The van der Waals surface area contributed by atoms with E-state index >= 15 is 0 Å². The lowest BCUT2D eigenvalue weighted by Gasteiger charge is -2.35. The van der Waals surface area contributed by atoms with Gasteiger partial charge in [-0.25, -0.2) is 0 Å². The summed E-state index contributed by atoms with van der Waals surface area (Å²) < 4.78 is 11.5. The SMILES string of the molecule is CNC(=O)[C@H]1CN(CCOc2cccc(C#N)c2)c2ccccc2O1. The van der Waals surface area contributed by atoms with Gasteiger partial charge in [0.05, 0.1) is 30.4 Å². The van der Waals surface area contributed by atoms with Gasteiger partial charge in [0.25, 0.3) is 5.91 Å². The van der Waals surface area contributed by atoms with E-state index in [2.05, 4.69) is 16.3 Å². The second-order valence-corrected chi connectivity index (χ2v) is 5.62. The van der Waals surface area contributed by atoms with Crippen molar-refractivity contribution in [2.75, 3.05) is 31.6 Å². The fourth-order valence-electron chi connectivity index (χ4n) is 2.75. The zero-order valence-corrected chi connectivity index (χ0v) is 13.9. The van der Waals surface area contributed by atoms with Crippen LogP contribution in [-0.4, -0.2) is 38.8 Å².